The van der Waals surface area contributed by atoms with Crippen molar-refractivity contribution in [1.82, 2.24) is 4.90 Å². The molecule has 0 aliphatic carbocycles. The Labute approximate surface area is 117 Å². The zero-order valence-electron chi connectivity index (χ0n) is 12.6. The molecular formula is C15H30N2S. The van der Waals surface area contributed by atoms with Crippen molar-refractivity contribution in [3.63, 3.8) is 0 Å². The first-order valence-corrected chi connectivity index (χ1v) is 8.51. The minimum Gasteiger partial charge on any atom is -0.329 e. The molecule has 2 rings (SSSR count). The third kappa shape index (κ3) is 2.46. The Bertz CT molecular complexity index is 291. The molecule has 0 aromatic carbocycles. The SMILES string of the molecule is CC1(C)CCN(C2(CN)CSCCC2(C)C)CC1. The van der Waals surface area contributed by atoms with E-state index < -0.39 is 0 Å². The third-order valence-electron chi connectivity index (χ3n) is 5.53. The molecule has 2 saturated heterocycles. The third-order valence-corrected chi connectivity index (χ3v) is 6.71. The van der Waals surface area contributed by atoms with Crippen LogP contribution in [0.3, 0.4) is 0 Å². The van der Waals surface area contributed by atoms with Crippen molar-refractivity contribution in [2.24, 2.45) is 16.6 Å². The van der Waals surface area contributed by atoms with Gasteiger partial charge in [0, 0.05) is 17.8 Å². The molecule has 0 bridgehead atoms. The Kier molecular flexibility index (Phi) is 4.07. The summed E-state index contributed by atoms with van der Waals surface area (Å²) >= 11 is 2.10. The highest BCUT2D eigenvalue weighted by molar-refractivity contribution is 7.99. The smallest absolute Gasteiger partial charge is 0.0472 e. The van der Waals surface area contributed by atoms with Crippen LogP contribution in [-0.2, 0) is 0 Å². The number of rotatable bonds is 2. The second kappa shape index (κ2) is 4.99. The van der Waals surface area contributed by atoms with Gasteiger partial charge in [0.05, 0.1) is 0 Å². The molecule has 1 unspecified atom stereocenters. The summed E-state index contributed by atoms with van der Waals surface area (Å²) in [6.45, 7) is 12.9. The van der Waals surface area contributed by atoms with Gasteiger partial charge in [-0.25, -0.2) is 0 Å². The maximum atomic E-state index is 6.26. The standard InChI is InChI=1S/C15H30N2S/c1-13(2)5-8-17(9-6-13)15(11-16)12-18-10-7-14(15,3)4/h5-12,16H2,1-4H3. The lowest BCUT2D eigenvalue weighted by atomic mass is 9.68. The van der Waals surface area contributed by atoms with E-state index in [1.807, 2.05) is 0 Å². The van der Waals surface area contributed by atoms with Crippen LogP contribution in [0.5, 0.6) is 0 Å². The van der Waals surface area contributed by atoms with Gasteiger partial charge < -0.3 is 5.73 Å². The molecule has 2 heterocycles. The Hall–Kier alpha value is 0.270. The van der Waals surface area contributed by atoms with E-state index in [-0.39, 0.29) is 5.54 Å². The molecule has 1 atom stereocenters. The van der Waals surface area contributed by atoms with Gasteiger partial charge in [0.2, 0.25) is 0 Å². The molecule has 106 valence electrons. The molecule has 0 saturated carbocycles. The largest absolute Gasteiger partial charge is 0.329 e. The van der Waals surface area contributed by atoms with Crippen LogP contribution in [0.4, 0.5) is 0 Å². The van der Waals surface area contributed by atoms with Gasteiger partial charge in [-0.05, 0) is 48.9 Å². The fourth-order valence-electron chi connectivity index (χ4n) is 3.52. The highest BCUT2D eigenvalue weighted by Gasteiger charge is 2.50. The summed E-state index contributed by atoms with van der Waals surface area (Å²) < 4.78 is 0. The van der Waals surface area contributed by atoms with E-state index in [9.17, 15) is 0 Å². The molecule has 18 heavy (non-hydrogen) atoms. The van der Waals surface area contributed by atoms with Gasteiger partial charge in [-0.2, -0.15) is 11.8 Å². The van der Waals surface area contributed by atoms with Crippen LogP contribution in [0.25, 0.3) is 0 Å². The van der Waals surface area contributed by atoms with Crippen molar-refractivity contribution in [2.45, 2.75) is 52.5 Å². The first-order chi connectivity index (χ1) is 8.33. The lowest BCUT2D eigenvalue weighted by Crippen LogP contribution is -2.67. The van der Waals surface area contributed by atoms with Crippen molar-refractivity contribution < 1.29 is 0 Å². The van der Waals surface area contributed by atoms with Crippen LogP contribution >= 0.6 is 11.8 Å². The maximum Gasteiger partial charge on any atom is 0.0472 e. The van der Waals surface area contributed by atoms with Crippen LogP contribution in [0, 0.1) is 10.8 Å². The Morgan fingerprint density at radius 1 is 1.06 bits per heavy atom. The molecule has 2 aliphatic heterocycles. The highest BCUT2D eigenvalue weighted by atomic mass is 32.2. The van der Waals surface area contributed by atoms with Crippen LogP contribution in [-0.4, -0.2) is 41.6 Å². The van der Waals surface area contributed by atoms with Crippen molar-refractivity contribution >= 4 is 11.8 Å². The van der Waals surface area contributed by atoms with Crippen LogP contribution < -0.4 is 5.73 Å². The van der Waals surface area contributed by atoms with E-state index in [0.29, 0.717) is 10.8 Å². The van der Waals surface area contributed by atoms with Crippen molar-refractivity contribution in [1.29, 1.82) is 0 Å². The zero-order valence-corrected chi connectivity index (χ0v) is 13.4. The fourth-order valence-corrected chi connectivity index (χ4v) is 5.35. The Balaban J connectivity index is 2.17. The average molecular weight is 270 g/mol. The normalized spacial score (nSPS) is 36.5. The molecule has 2 fully saturated rings. The van der Waals surface area contributed by atoms with Gasteiger partial charge >= 0.3 is 0 Å². The van der Waals surface area contributed by atoms with Gasteiger partial charge in [-0.1, -0.05) is 27.7 Å². The number of hydrogen-bond donors (Lipinski definition) is 1. The van der Waals surface area contributed by atoms with Gasteiger partial charge in [-0.3, -0.25) is 4.90 Å². The first kappa shape index (κ1) is 14.7. The lowest BCUT2D eigenvalue weighted by Gasteiger charge is -2.58. The van der Waals surface area contributed by atoms with E-state index in [0.717, 1.165) is 6.54 Å². The lowest BCUT2D eigenvalue weighted by molar-refractivity contribution is -0.0311. The van der Waals surface area contributed by atoms with Crippen molar-refractivity contribution in [2.75, 3.05) is 31.1 Å². The number of nitrogens with two attached hydrogens (primary N) is 1. The molecule has 0 aromatic rings. The zero-order chi connectivity index (χ0) is 13.4. The molecule has 2 aliphatic rings. The van der Waals surface area contributed by atoms with Crippen LogP contribution in [0.15, 0.2) is 0 Å². The maximum absolute atomic E-state index is 6.26. The predicted octanol–water partition coefficient (Wildman–Crippen LogP) is 2.97. The van der Waals surface area contributed by atoms with E-state index in [1.165, 1.54) is 43.9 Å². The topological polar surface area (TPSA) is 29.3 Å². The van der Waals surface area contributed by atoms with Crippen molar-refractivity contribution in [3.8, 4) is 0 Å². The summed E-state index contributed by atoms with van der Waals surface area (Å²) in [5.74, 6) is 2.52. The Morgan fingerprint density at radius 3 is 2.17 bits per heavy atom. The average Bonchev–Trinajstić information content (AvgIpc) is 2.30. The van der Waals surface area contributed by atoms with E-state index in [4.69, 9.17) is 5.73 Å². The van der Waals surface area contributed by atoms with Crippen LogP contribution in [0.1, 0.15) is 47.0 Å². The monoisotopic (exact) mass is 270 g/mol. The summed E-state index contributed by atoms with van der Waals surface area (Å²) in [4.78, 5) is 2.73. The molecule has 0 spiro atoms. The van der Waals surface area contributed by atoms with Crippen molar-refractivity contribution in [3.05, 3.63) is 0 Å². The summed E-state index contributed by atoms with van der Waals surface area (Å²) in [5.41, 5.74) is 7.37. The summed E-state index contributed by atoms with van der Waals surface area (Å²) in [5, 5.41) is 0. The van der Waals surface area contributed by atoms with E-state index >= 15 is 0 Å². The second-order valence-corrected chi connectivity index (χ2v) is 8.68. The predicted molar refractivity (Wildman–Crippen MR) is 82.1 cm³/mol. The number of likely N-dealkylation sites (tertiary alicyclic amines) is 1. The summed E-state index contributed by atoms with van der Waals surface area (Å²) in [7, 11) is 0. The van der Waals surface area contributed by atoms with Gasteiger partial charge in [0.15, 0.2) is 0 Å². The quantitative estimate of drug-likeness (QED) is 0.836. The van der Waals surface area contributed by atoms with Gasteiger partial charge in [0.25, 0.3) is 0 Å². The van der Waals surface area contributed by atoms with Gasteiger partial charge in [-0.15, -0.1) is 0 Å². The summed E-state index contributed by atoms with van der Waals surface area (Å²) in [6.07, 6.45) is 3.93. The molecule has 0 amide bonds. The summed E-state index contributed by atoms with van der Waals surface area (Å²) in [6, 6.07) is 0. The number of nitrogens with zero attached hydrogens (tertiary/aromatic N) is 1. The molecule has 2 N–H and O–H groups in total. The van der Waals surface area contributed by atoms with E-state index in [2.05, 4.69) is 44.4 Å². The van der Waals surface area contributed by atoms with E-state index in [1.54, 1.807) is 0 Å². The minimum absolute atomic E-state index is 0.229. The molecule has 2 nitrogen and oxygen atoms in total. The number of piperidine rings is 1. The Morgan fingerprint density at radius 2 is 1.67 bits per heavy atom. The highest BCUT2D eigenvalue weighted by Crippen LogP contribution is 2.47. The van der Waals surface area contributed by atoms with Gasteiger partial charge in [0.1, 0.15) is 0 Å². The minimum atomic E-state index is 0.229. The molecular weight excluding hydrogens is 240 g/mol. The number of hydrogen-bond acceptors (Lipinski definition) is 3. The second-order valence-electron chi connectivity index (χ2n) is 7.57. The van der Waals surface area contributed by atoms with Crippen LogP contribution in [0.2, 0.25) is 0 Å². The molecule has 3 heteroatoms. The first-order valence-electron chi connectivity index (χ1n) is 7.36. The molecule has 0 radical (unpaired) electrons. The number of thioether (sulfide) groups is 1. The molecule has 0 aromatic heterocycles. The fraction of sp³-hybridized carbons (Fsp3) is 1.00.